The van der Waals surface area contributed by atoms with Gasteiger partial charge in [0.15, 0.2) is 6.10 Å². The lowest BCUT2D eigenvalue weighted by Crippen LogP contribution is -2.64. The van der Waals surface area contributed by atoms with E-state index in [1.807, 2.05) is 6.08 Å². The van der Waals surface area contributed by atoms with Gasteiger partial charge in [0.2, 0.25) is 0 Å². The van der Waals surface area contributed by atoms with Gasteiger partial charge in [0.05, 0.1) is 6.61 Å². The van der Waals surface area contributed by atoms with Crippen molar-refractivity contribution in [2.75, 3.05) is 13.2 Å². The summed E-state index contributed by atoms with van der Waals surface area (Å²) in [5.41, 5.74) is 0. The number of ether oxygens (including phenoxy) is 2. The van der Waals surface area contributed by atoms with Crippen LogP contribution in [0.4, 0.5) is 0 Å². The number of esters is 2. The van der Waals surface area contributed by atoms with Crippen molar-refractivity contribution in [3.05, 3.63) is 60.8 Å². The molecule has 0 bridgehead atoms. The maximum Gasteiger partial charge on any atom is 0.472 e. The van der Waals surface area contributed by atoms with E-state index >= 15 is 0 Å². The molecular weight excluding hydrogens is 779 g/mol. The third kappa shape index (κ3) is 27.9. The minimum atomic E-state index is -5.15. The van der Waals surface area contributed by atoms with Crippen LogP contribution in [0.25, 0.3) is 0 Å². The lowest BCUT2D eigenvalue weighted by molar-refractivity contribution is -0.220. The van der Waals surface area contributed by atoms with Crippen molar-refractivity contribution in [3.63, 3.8) is 0 Å². The van der Waals surface area contributed by atoms with Crippen LogP contribution < -0.4 is 0 Å². The molecule has 14 heteroatoms. The van der Waals surface area contributed by atoms with Gasteiger partial charge in [-0.05, 0) is 57.8 Å². The average Bonchev–Trinajstić information content (AvgIpc) is 3.21. The van der Waals surface area contributed by atoms with Gasteiger partial charge in [-0.2, -0.15) is 0 Å². The summed E-state index contributed by atoms with van der Waals surface area (Å²) in [6, 6.07) is 0. The van der Waals surface area contributed by atoms with Crippen LogP contribution in [0.1, 0.15) is 155 Å². The molecule has 340 valence electrons. The molecule has 0 aromatic rings. The first-order valence-electron chi connectivity index (χ1n) is 22.1. The van der Waals surface area contributed by atoms with Gasteiger partial charge < -0.3 is 39.9 Å². The first-order chi connectivity index (χ1) is 28.4. The van der Waals surface area contributed by atoms with Crippen LogP contribution in [0.5, 0.6) is 0 Å². The Morgan fingerprint density at radius 2 is 1.03 bits per heavy atom. The van der Waals surface area contributed by atoms with Crippen LogP contribution in [0.15, 0.2) is 60.8 Å². The zero-order valence-electron chi connectivity index (χ0n) is 35.8. The number of hydrogen-bond acceptors (Lipinski definition) is 12. The Bertz CT molecular complexity index is 1270. The van der Waals surface area contributed by atoms with E-state index < -0.39 is 75.7 Å². The van der Waals surface area contributed by atoms with E-state index in [0.717, 1.165) is 57.4 Å². The van der Waals surface area contributed by atoms with Crippen molar-refractivity contribution in [2.45, 2.75) is 198 Å². The van der Waals surface area contributed by atoms with Crippen LogP contribution in [-0.2, 0) is 32.7 Å². The quantitative estimate of drug-likeness (QED) is 0.00889. The maximum absolute atomic E-state index is 12.8. The molecule has 59 heavy (non-hydrogen) atoms. The second kappa shape index (κ2) is 35.2. The topological polar surface area (TPSA) is 210 Å². The smallest absolute Gasteiger partial charge is 0.462 e. The number of carbonyl (C=O) groups is 2. The highest BCUT2D eigenvalue weighted by Crippen LogP contribution is 2.47. The Labute approximate surface area is 353 Å². The van der Waals surface area contributed by atoms with Crippen molar-refractivity contribution < 1.29 is 63.1 Å². The molecule has 8 atom stereocenters. The number of carbonyl (C=O) groups excluding carboxylic acids is 2. The van der Waals surface area contributed by atoms with Gasteiger partial charge in [0.1, 0.15) is 43.2 Å². The number of aliphatic hydroxyl groups is 5. The van der Waals surface area contributed by atoms with Crippen LogP contribution >= 0.6 is 7.82 Å². The minimum Gasteiger partial charge on any atom is -0.462 e. The second-order valence-corrected chi connectivity index (χ2v) is 16.7. The zero-order chi connectivity index (χ0) is 43.6. The largest absolute Gasteiger partial charge is 0.472 e. The standard InChI is InChI=1S/C45H77O13P/c1-3-5-7-9-11-13-15-17-19-21-23-25-27-29-31-33-38(46)55-35-37(36-56-59(53,54)58-45-43(51)41(49)40(48)42(50)44(45)52)57-39(47)34-32-30-28-26-24-22-20-18-16-14-12-10-8-6-4-2/h11,13,17,19,23,25,28,30,32,34,37,40-45,48-52H,3-10,12,14-16,18,20-22,24,26-27,29,31,33,35-36H2,1-2H3,(H,53,54)/b13-11+,19-17+,25-23+,30-28+,34-32+/t37-,40?,41-,42?,43?,44?,45?/m1/s1. The van der Waals surface area contributed by atoms with Crippen molar-refractivity contribution >= 4 is 19.8 Å². The summed E-state index contributed by atoms with van der Waals surface area (Å²) >= 11 is 0. The summed E-state index contributed by atoms with van der Waals surface area (Å²) in [6.07, 6.45) is 29.2. The fourth-order valence-corrected chi connectivity index (χ4v) is 7.29. The predicted molar refractivity (Wildman–Crippen MR) is 230 cm³/mol. The molecule has 13 nitrogen and oxygen atoms in total. The summed E-state index contributed by atoms with van der Waals surface area (Å²) in [4.78, 5) is 35.5. The molecule has 1 aliphatic carbocycles. The van der Waals surface area contributed by atoms with Gasteiger partial charge in [-0.1, -0.05) is 146 Å². The maximum atomic E-state index is 12.8. The molecular formula is C45H77O13P. The number of rotatable bonds is 35. The lowest BCUT2D eigenvalue weighted by Gasteiger charge is -2.41. The van der Waals surface area contributed by atoms with Crippen molar-refractivity contribution in [2.24, 2.45) is 0 Å². The Morgan fingerprint density at radius 1 is 0.576 bits per heavy atom. The predicted octanol–water partition coefficient (Wildman–Crippen LogP) is 8.16. The number of allylic oxidation sites excluding steroid dienone is 9. The monoisotopic (exact) mass is 857 g/mol. The summed E-state index contributed by atoms with van der Waals surface area (Å²) < 4.78 is 33.2. The summed E-state index contributed by atoms with van der Waals surface area (Å²) in [5.74, 6) is -1.40. The van der Waals surface area contributed by atoms with E-state index in [-0.39, 0.29) is 6.42 Å². The number of unbranched alkanes of at least 4 members (excludes halogenated alkanes) is 16. The summed E-state index contributed by atoms with van der Waals surface area (Å²) in [5, 5.41) is 50.0. The van der Waals surface area contributed by atoms with Gasteiger partial charge in [-0.3, -0.25) is 13.8 Å². The number of aliphatic hydroxyl groups excluding tert-OH is 5. The molecule has 1 saturated carbocycles. The van der Waals surface area contributed by atoms with Crippen LogP contribution in [-0.4, -0.2) is 98.3 Å². The van der Waals surface area contributed by atoms with E-state index in [2.05, 4.69) is 50.3 Å². The number of hydrogen-bond donors (Lipinski definition) is 6. The lowest BCUT2D eigenvalue weighted by atomic mass is 9.85. The minimum absolute atomic E-state index is 0.0965. The molecule has 6 N–H and O–H groups in total. The van der Waals surface area contributed by atoms with E-state index in [9.17, 15) is 44.6 Å². The Balaban J connectivity index is 2.57. The SMILES string of the molecule is CCCCC/C=C/C/C=C/C/C=C/CCCCC(=O)OC[C@H](COP(=O)(O)OC1C(O)C(O)C(O)[C@@H](O)C1O)OC(=O)/C=C/C=C/CCCCCCCCCCCCC. The zero-order valence-corrected chi connectivity index (χ0v) is 36.7. The summed E-state index contributed by atoms with van der Waals surface area (Å²) in [6.45, 7) is 3.12. The highest BCUT2D eigenvalue weighted by atomic mass is 31.2. The third-order valence-electron chi connectivity index (χ3n) is 9.94. The molecule has 0 heterocycles. The average molecular weight is 857 g/mol. The first-order valence-corrected chi connectivity index (χ1v) is 23.6. The normalized spacial score (nSPS) is 22.9. The summed E-state index contributed by atoms with van der Waals surface area (Å²) in [7, 11) is -5.15. The van der Waals surface area contributed by atoms with Crippen molar-refractivity contribution in [1.82, 2.24) is 0 Å². The molecule has 0 radical (unpaired) electrons. The van der Waals surface area contributed by atoms with Gasteiger partial charge in [0.25, 0.3) is 0 Å². The number of phosphoric acid groups is 1. The molecule has 0 amide bonds. The van der Waals surface area contributed by atoms with Crippen LogP contribution in [0, 0.1) is 0 Å². The molecule has 6 unspecified atom stereocenters. The fraction of sp³-hybridized carbons (Fsp3) is 0.733. The van der Waals surface area contributed by atoms with Gasteiger partial charge in [-0.15, -0.1) is 0 Å². The van der Waals surface area contributed by atoms with E-state index in [0.29, 0.717) is 6.42 Å². The molecule has 0 spiro atoms. The van der Waals surface area contributed by atoms with E-state index in [1.54, 1.807) is 6.08 Å². The van der Waals surface area contributed by atoms with Gasteiger partial charge >= 0.3 is 19.8 Å². The molecule has 0 saturated heterocycles. The van der Waals surface area contributed by atoms with Gasteiger partial charge in [-0.25, -0.2) is 9.36 Å². The van der Waals surface area contributed by atoms with E-state index in [4.69, 9.17) is 18.5 Å². The molecule has 0 aromatic carbocycles. The molecule has 1 aliphatic rings. The Morgan fingerprint density at radius 3 is 1.61 bits per heavy atom. The van der Waals surface area contributed by atoms with Crippen LogP contribution in [0.3, 0.4) is 0 Å². The van der Waals surface area contributed by atoms with Crippen LogP contribution in [0.2, 0.25) is 0 Å². The van der Waals surface area contributed by atoms with Crippen molar-refractivity contribution in [1.29, 1.82) is 0 Å². The van der Waals surface area contributed by atoms with E-state index in [1.165, 1.54) is 83.1 Å². The molecule has 1 rings (SSSR count). The molecule has 0 aliphatic heterocycles. The first kappa shape index (κ1) is 54.6. The molecule has 0 aromatic heterocycles. The highest BCUT2D eigenvalue weighted by molar-refractivity contribution is 7.47. The van der Waals surface area contributed by atoms with Gasteiger partial charge in [0, 0.05) is 12.5 Å². The fourth-order valence-electron chi connectivity index (χ4n) is 6.32. The second-order valence-electron chi connectivity index (χ2n) is 15.3. The van der Waals surface area contributed by atoms with Crippen molar-refractivity contribution in [3.8, 4) is 0 Å². The Hall–Kier alpha value is -2.45. The molecule has 1 fully saturated rings. The highest BCUT2D eigenvalue weighted by Gasteiger charge is 2.51. The number of phosphoric ester groups is 1. The third-order valence-corrected chi connectivity index (χ3v) is 10.9. The Kier molecular flexibility index (Phi) is 32.5.